The number of furan rings is 1. The first-order chi connectivity index (χ1) is 6.90. The van der Waals surface area contributed by atoms with Gasteiger partial charge in [0.05, 0.1) is 0 Å². The van der Waals surface area contributed by atoms with Crippen molar-refractivity contribution in [3.63, 3.8) is 0 Å². The predicted molar refractivity (Wildman–Crippen MR) is 53.5 cm³/mol. The van der Waals surface area contributed by atoms with Crippen molar-refractivity contribution in [3.05, 3.63) is 48.2 Å². The highest BCUT2D eigenvalue weighted by atomic mass is 16.4. The van der Waals surface area contributed by atoms with E-state index < -0.39 is 0 Å². The summed E-state index contributed by atoms with van der Waals surface area (Å²) in [7, 11) is 0. The lowest BCUT2D eigenvalue weighted by atomic mass is 10.2. The minimum Gasteiger partial charge on any atom is -0.455 e. The zero-order valence-electron chi connectivity index (χ0n) is 7.42. The molecule has 0 unspecified atom stereocenters. The van der Waals surface area contributed by atoms with Gasteiger partial charge in [-0.3, -0.25) is 0 Å². The summed E-state index contributed by atoms with van der Waals surface area (Å²) in [4.78, 5) is 0. The van der Waals surface area contributed by atoms with E-state index in [1.807, 2.05) is 36.4 Å². The van der Waals surface area contributed by atoms with Gasteiger partial charge in [0.2, 0.25) is 0 Å². The Morgan fingerprint density at radius 2 is 1.86 bits per heavy atom. The van der Waals surface area contributed by atoms with E-state index in [1.54, 1.807) is 6.07 Å². The van der Waals surface area contributed by atoms with Crippen LogP contribution in [0.15, 0.2) is 52.0 Å². The number of oxime groups is 1. The molecule has 2 rings (SSSR count). The summed E-state index contributed by atoms with van der Waals surface area (Å²) in [6.07, 6.45) is 1.26. The van der Waals surface area contributed by atoms with Crippen LogP contribution >= 0.6 is 0 Å². The molecular weight excluding hydrogens is 178 g/mol. The molecule has 0 aliphatic heterocycles. The van der Waals surface area contributed by atoms with E-state index in [-0.39, 0.29) is 0 Å². The molecule has 1 heterocycles. The molecular formula is C11H9NO2. The Hall–Kier alpha value is -2.03. The average Bonchev–Trinajstić information content (AvgIpc) is 2.68. The average molecular weight is 187 g/mol. The normalized spacial score (nSPS) is 10.9. The fourth-order valence-electron chi connectivity index (χ4n) is 1.24. The molecule has 3 heteroatoms. The highest BCUT2D eigenvalue weighted by molar-refractivity contribution is 5.76. The van der Waals surface area contributed by atoms with Crippen LogP contribution in [-0.2, 0) is 0 Å². The van der Waals surface area contributed by atoms with Gasteiger partial charge in [0, 0.05) is 5.56 Å². The van der Waals surface area contributed by atoms with Gasteiger partial charge in [-0.1, -0.05) is 35.5 Å². The van der Waals surface area contributed by atoms with E-state index in [9.17, 15) is 0 Å². The van der Waals surface area contributed by atoms with E-state index in [1.165, 1.54) is 6.21 Å². The second-order valence-electron chi connectivity index (χ2n) is 2.81. The minimum absolute atomic E-state index is 0.534. The zero-order valence-corrected chi connectivity index (χ0v) is 7.42. The molecule has 0 amide bonds. The van der Waals surface area contributed by atoms with Crippen molar-refractivity contribution >= 4 is 6.21 Å². The van der Waals surface area contributed by atoms with Gasteiger partial charge in [0.1, 0.15) is 17.7 Å². The summed E-state index contributed by atoms with van der Waals surface area (Å²) in [5, 5.41) is 11.2. The highest BCUT2D eigenvalue weighted by Crippen LogP contribution is 2.20. The molecule has 0 aliphatic rings. The van der Waals surface area contributed by atoms with Gasteiger partial charge < -0.3 is 9.62 Å². The molecule has 1 aromatic carbocycles. The van der Waals surface area contributed by atoms with Crippen molar-refractivity contribution < 1.29 is 9.62 Å². The molecule has 14 heavy (non-hydrogen) atoms. The molecule has 0 spiro atoms. The van der Waals surface area contributed by atoms with Crippen molar-refractivity contribution in [2.45, 2.75) is 0 Å². The number of rotatable bonds is 2. The summed E-state index contributed by atoms with van der Waals surface area (Å²) in [5.41, 5.74) is 1.00. The first kappa shape index (κ1) is 8.56. The molecule has 3 nitrogen and oxygen atoms in total. The van der Waals surface area contributed by atoms with Gasteiger partial charge >= 0.3 is 0 Å². The van der Waals surface area contributed by atoms with Crippen molar-refractivity contribution in [1.82, 2.24) is 0 Å². The summed E-state index contributed by atoms with van der Waals surface area (Å²) < 4.78 is 5.40. The van der Waals surface area contributed by atoms with Crippen LogP contribution < -0.4 is 0 Å². The molecule has 0 fully saturated rings. The molecule has 1 N–H and O–H groups in total. The third-order valence-corrected chi connectivity index (χ3v) is 1.87. The summed E-state index contributed by atoms with van der Waals surface area (Å²) in [6, 6.07) is 13.3. The smallest absolute Gasteiger partial charge is 0.149 e. The fraction of sp³-hybridized carbons (Fsp3) is 0. The maximum absolute atomic E-state index is 8.31. The molecule has 0 radical (unpaired) electrons. The van der Waals surface area contributed by atoms with Crippen molar-refractivity contribution in [2.75, 3.05) is 0 Å². The van der Waals surface area contributed by atoms with Crippen molar-refractivity contribution in [3.8, 4) is 11.3 Å². The van der Waals surface area contributed by atoms with Crippen LogP contribution in [0.5, 0.6) is 0 Å². The summed E-state index contributed by atoms with van der Waals surface area (Å²) >= 11 is 0. The number of hydrogen-bond donors (Lipinski definition) is 1. The largest absolute Gasteiger partial charge is 0.455 e. The quantitative estimate of drug-likeness (QED) is 0.446. The minimum atomic E-state index is 0.534. The molecule has 0 bridgehead atoms. The Bertz CT molecular complexity index is 432. The Balaban J connectivity index is 2.34. The molecule has 0 saturated carbocycles. The van der Waals surface area contributed by atoms with Crippen LogP contribution in [0.2, 0.25) is 0 Å². The maximum atomic E-state index is 8.31. The molecule has 2 aromatic rings. The molecule has 0 saturated heterocycles. The first-order valence-corrected chi connectivity index (χ1v) is 4.23. The number of benzene rings is 1. The SMILES string of the molecule is ON=Cc1ccc(-c2ccccc2)o1. The molecule has 0 atom stereocenters. The number of nitrogens with zero attached hydrogens (tertiary/aromatic N) is 1. The Labute approximate surface area is 81.3 Å². The van der Waals surface area contributed by atoms with E-state index in [0.29, 0.717) is 5.76 Å². The Morgan fingerprint density at radius 3 is 2.57 bits per heavy atom. The van der Waals surface area contributed by atoms with Gasteiger partial charge in [-0.05, 0) is 12.1 Å². The first-order valence-electron chi connectivity index (χ1n) is 4.23. The van der Waals surface area contributed by atoms with Crippen LogP contribution in [0, 0.1) is 0 Å². The fourth-order valence-corrected chi connectivity index (χ4v) is 1.24. The second kappa shape index (κ2) is 3.79. The second-order valence-corrected chi connectivity index (χ2v) is 2.81. The lowest BCUT2D eigenvalue weighted by molar-refractivity contribution is 0.321. The lowest BCUT2D eigenvalue weighted by Gasteiger charge is -1.93. The Kier molecular flexibility index (Phi) is 2.32. The zero-order chi connectivity index (χ0) is 9.80. The number of hydrogen-bond acceptors (Lipinski definition) is 3. The molecule has 70 valence electrons. The molecule has 0 aliphatic carbocycles. The lowest BCUT2D eigenvalue weighted by Crippen LogP contribution is -1.73. The molecule has 1 aromatic heterocycles. The van der Waals surface area contributed by atoms with Crippen LogP contribution in [0.3, 0.4) is 0 Å². The topological polar surface area (TPSA) is 45.7 Å². The van der Waals surface area contributed by atoms with Gasteiger partial charge in [-0.25, -0.2) is 0 Å². The van der Waals surface area contributed by atoms with Gasteiger partial charge in [0.25, 0.3) is 0 Å². The Morgan fingerprint density at radius 1 is 1.07 bits per heavy atom. The van der Waals surface area contributed by atoms with Crippen LogP contribution in [0.25, 0.3) is 11.3 Å². The summed E-state index contributed by atoms with van der Waals surface area (Å²) in [5.74, 6) is 1.30. The van der Waals surface area contributed by atoms with Crippen molar-refractivity contribution in [2.24, 2.45) is 5.16 Å². The standard InChI is InChI=1S/C11H9NO2/c13-12-8-10-6-7-11(14-10)9-4-2-1-3-5-9/h1-8,13H. The van der Waals surface area contributed by atoms with Crippen LogP contribution in [0.1, 0.15) is 5.76 Å². The van der Waals surface area contributed by atoms with Crippen LogP contribution in [0.4, 0.5) is 0 Å². The third kappa shape index (κ3) is 1.66. The predicted octanol–water partition coefficient (Wildman–Crippen LogP) is 2.75. The highest BCUT2D eigenvalue weighted by Gasteiger charge is 2.01. The van der Waals surface area contributed by atoms with Gasteiger partial charge in [-0.15, -0.1) is 0 Å². The monoisotopic (exact) mass is 187 g/mol. The summed E-state index contributed by atoms with van der Waals surface area (Å²) in [6.45, 7) is 0. The maximum Gasteiger partial charge on any atom is 0.149 e. The third-order valence-electron chi connectivity index (χ3n) is 1.87. The van der Waals surface area contributed by atoms with E-state index in [4.69, 9.17) is 9.62 Å². The van der Waals surface area contributed by atoms with E-state index in [2.05, 4.69) is 5.16 Å². The van der Waals surface area contributed by atoms with Crippen LogP contribution in [-0.4, -0.2) is 11.4 Å². The van der Waals surface area contributed by atoms with E-state index in [0.717, 1.165) is 11.3 Å². The van der Waals surface area contributed by atoms with Gasteiger partial charge in [0.15, 0.2) is 0 Å². The van der Waals surface area contributed by atoms with Crippen molar-refractivity contribution in [1.29, 1.82) is 0 Å². The van der Waals surface area contributed by atoms with E-state index >= 15 is 0 Å². The van der Waals surface area contributed by atoms with Gasteiger partial charge in [-0.2, -0.15) is 0 Å².